The minimum atomic E-state index is 0.979. The molecule has 3 heteroatoms. The molecule has 0 saturated carbocycles. The maximum absolute atomic E-state index is 4.16. The molecule has 0 atom stereocenters. The highest BCUT2D eigenvalue weighted by Crippen LogP contribution is 2.12. The van der Waals surface area contributed by atoms with E-state index in [1.165, 1.54) is 12.8 Å². The van der Waals surface area contributed by atoms with Crippen LogP contribution in [0.3, 0.4) is 0 Å². The van der Waals surface area contributed by atoms with Crippen LogP contribution >= 0.6 is 0 Å². The molecular weight excluding hydrogens is 162 g/mol. The van der Waals surface area contributed by atoms with Gasteiger partial charge in [-0.3, -0.25) is 0 Å². The molecule has 13 heavy (non-hydrogen) atoms. The van der Waals surface area contributed by atoms with Crippen molar-refractivity contribution in [2.45, 2.75) is 19.8 Å². The molecule has 0 aliphatic carbocycles. The largest absolute Gasteiger partial charge is 0.350 e. The van der Waals surface area contributed by atoms with E-state index < -0.39 is 0 Å². The highest BCUT2D eigenvalue weighted by molar-refractivity contribution is 6.13. The van der Waals surface area contributed by atoms with Crippen LogP contribution < -0.4 is 4.99 Å². The van der Waals surface area contributed by atoms with Crippen LogP contribution in [0.2, 0.25) is 0 Å². The Hall–Kier alpha value is -1.38. The lowest BCUT2D eigenvalue weighted by Crippen LogP contribution is -2.18. The number of hydrogen-bond donors (Lipinski definition) is 0. The van der Waals surface area contributed by atoms with Gasteiger partial charge >= 0.3 is 6.34 Å². The van der Waals surface area contributed by atoms with Gasteiger partial charge in [0.15, 0.2) is 0 Å². The lowest BCUT2D eigenvalue weighted by Gasteiger charge is -2.16. The fraction of sp³-hybridized carbons (Fsp3) is 0.400. The lowest BCUT2D eigenvalue weighted by atomic mass is 10.2. The van der Waals surface area contributed by atoms with E-state index in [1.54, 1.807) is 6.34 Å². The molecule has 0 aromatic heterocycles. The van der Waals surface area contributed by atoms with E-state index >= 15 is 0 Å². The first-order chi connectivity index (χ1) is 6.40. The summed E-state index contributed by atoms with van der Waals surface area (Å²) < 4.78 is 0. The molecule has 2 heterocycles. The molecule has 0 fully saturated rings. The SMILES string of the molecule is CCCCN1C=CC2=[N+]C=NC2=C1. The fourth-order valence-electron chi connectivity index (χ4n) is 1.36. The summed E-state index contributed by atoms with van der Waals surface area (Å²) in [6.07, 6.45) is 10.2. The highest BCUT2D eigenvalue weighted by Gasteiger charge is 2.22. The van der Waals surface area contributed by atoms with Crippen LogP contribution in [-0.4, -0.2) is 23.5 Å². The minimum absolute atomic E-state index is 0.979. The maximum Gasteiger partial charge on any atom is 0.328 e. The van der Waals surface area contributed by atoms with Crippen LogP contribution in [-0.2, 0) is 0 Å². The Morgan fingerprint density at radius 2 is 2.46 bits per heavy atom. The first-order valence-corrected chi connectivity index (χ1v) is 4.66. The molecule has 0 spiro atoms. The number of nitrogens with zero attached hydrogens (tertiary/aromatic N) is 3. The van der Waals surface area contributed by atoms with Crippen molar-refractivity contribution in [3.63, 3.8) is 0 Å². The van der Waals surface area contributed by atoms with E-state index in [9.17, 15) is 0 Å². The molecule has 1 radical (unpaired) electrons. The molecule has 0 saturated heterocycles. The zero-order valence-electron chi connectivity index (χ0n) is 7.77. The summed E-state index contributed by atoms with van der Waals surface area (Å²) in [5, 5.41) is 0. The number of fused-ring (bicyclic) bond motifs is 1. The van der Waals surface area contributed by atoms with Crippen LogP contribution in [0.1, 0.15) is 19.8 Å². The molecule has 0 N–H and O–H groups in total. The fourth-order valence-corrected chi connectivity index (χ4v) is 1.36. The van der Waals surface area contributed by atoms with E-state index in [0.29, 0.717) is 0 Å². The summed E-state index contributed by atoms with van der Waals surface area (Å²) in [6, 6.07) is 0. The van der Waals surface area contributed by atoms with Gasteiger partial charge in [-0.05, 0) is 16.4 Å². The predicted octanol–water partition coefficient (Wildman–Crippen LogP) is 1.28. The van der Waals surface area contributed by atoms with Gasteiger partial charge in [0.05, 0.1) is 6.20 Å². The van der Waals surface area contributed by atoms with Gasteiger partial charge in [0.2, 0.25) is 11.4 Å². The standard InChI is InChI=1S/C10H13N3/c1-2-3-5-13-6-4-9-10(7-13)12-8-11-9/h4,6-8H,2-3,5H2,1H3/q+1. The molecular formula is C10H13N3+. The normalized spacial score (nSPS) is 18.7. The molecule has 2 aliphatic heterocycles. The number of aliphatic imine (C=N–C) groups is 2. The Morgan fingerprint density at radius 1 is 1.54 bits per heavy atom. The molecule has 67 valence electrons. The van der Waals surface area contributed by atoms with E-state index in [-0.39, 0.29) is 0 Å². The lowest BCUT2D eigenvalue weighted by molar-refractivity contribution is 0.481. The molecule has 2 rings (SSSR count). The minimum Gasteiger partial charge on any atom is -0.350 e. The number of unbranched alkanes of at least 4 members (excludes halogenated alkanes) is 1. The molecule has 0 aromatic rings. The first kappa shape index (κ1) is 8.23. The summed E-state index contributed by atoms with van der Waals surface area (Å²) in [5.74, 6) is 0. The number of rotatable bonds is 3. The molecule has 3 nitrogen and oxygen atoms in total. The summed E-state index contributed by atoms with van der Waals surface area (Å²) in [6.45, 7) is 3.26. The third-order valence-electron chi connectivity index (χ3n) is 2.14. The Bertz CT molecular complexity index is 310. The van der Waals surface area contributed by atoms with Crippen molar-refractivity contribution in [1.29, 1.82) is 0 Å². The van der Waals surface area contributed by atoms with Crippen LogP contribution in [0.15, 0.2) is 29.2 Å². The second-order valence-electron chi connectivity index (χ2n) is 3.18. The molecule has 0 amide bonds. The third kappa shape index (κ3) is 1.69. The van der Waals surface area contributed by atoms with Gasteiger partial charge in [-0.25, -0.2) is 0 Å². The Balaban J connectivity index is 2.03. The Labute approximate surface area is 78.2 Å². The summed E-state index contributed by atoms with van der Waals surface area (Å²) in [5.41, 5.74) is 1.96. The van der Waals surface area contributed by atoms with Crippen molar-refractivity contribution in [2.24, 2.45) is 4.99 Å². The van der Waals surface area contributed by atoms with Crippen molar-refractivity contribution >= 4 is 12.1 Å². The van der Waals surface area contributed by atoms with Gasteiger partial charge in [-0.2, -0.15) is 0 Å². The van der Waals surface area contributed by atoms with Crippen molar-refractivity contribution in [3.8, 4) is 0 Å². The Kier molecular flexibility index (Phi) is 2.25. The molecule has 0 unspecified atom stereocenters. The van der Waals surface area contributed by atoms with Gasteiger partial charge < -0.3 is 4.90 Å². The van der Waals surface area contributed by atoms with Crippen molar-refractivity contribution in [1.82, 2.24) is 9.89 Å². The number of hydrogen-bond acceptors (Lipinski definition) is 3. The average Bonchev–Trinajstić information content (AvgIpc) is 2.61. The van der Waals surface area contributed by atoms with Crippen LogP contribution in [0.5, 0.6) is 0 Å². The van der Waals surface area contributed by atoms with Gasteiger partial charge in [0, 0.05) is 18.8 Å². The van der Waals surface area contributed by atoms with Crippen LogP contribution in [0, 0.1) is 0 Å². The highest BCUT2D eigenvalue weighted by atomic mass is 15.1. The molecule has 2 aliphatic rings. The topological polar surface area (TPSA) is 29.7 Å². The quantitative estimate of drug-likeness (QED) is 0.635. The zero-order valence-corrected chi connectivity index (χ0v) is 7.77. The molecule has 0 bridgehead atoms. The van der Waals surface area contributed by atoms with Crippen molar-refractivity contribution in [2.75, 3.05) is 6.54 Å². The summed E-state index contributed by atoms with van der Waals surface area (Å²) in [7, 11) is 0. The van der Waals surface area contributed by atoms with Crippen molar-refractivity contribution < 1.29 is 0 Å². The smallest absolute Gasteiger partial charge is 0.328 e. The van der Waals surface area contributed by atoms with Gasteiger partial charge in [-0.15, -0.1) is 0 Å². The van der Waals surface area contributed by atoms with Crippen molar-refractivity contribution in [3.05, 3.63) is 24.2 Å². The predicted molar refractivity (Wildman–Crippen MR) is 54.5 cm³/mol. The second kappa shape index (κ2) is 3.56. The van der Waals surface area contributed by atoms with Crippen LogP contribution in [0.4, 0.5) is 0 Å². The van der Waals surface area contributed by atoms with E-state index in [4.69, 9.17) is 0 Å². The van der Waals surface area contributed by atoms with E-state index in [0.717, 1.165) is 18.0 Å². The first-order valence-electron chi connectivity index (χ1n) is 4.66. The van der Waals surface area contributed by atoms with Gasteiger partial charge in [0.25, 0.3) is 0 Å². The average molecular weight is 175 g/mol. The van der Waals surface area contributed by atoms with Gasteiger partial charge in [0.1, 0.15) is 0 Å². The van der Waals surface area contributed by atoms with Crippen LogP contribution in [0.25, 0.3) is 0 Å². The van der Waals surface area contributed by atoms with Gasteiger partial charge in [-0.1, -0.05) is 13.3 Å². The maximum atomic E-state index is 4.16. The number of allylic oxidation sites excluding steroid dienone is 1. The second-order valence-corrected chi connectivity index (χ2v) is 3.18. The molecule has 0 aromatic carbocycles. The van der Waals surface area contributed by atoms with E-state index in [1.807, 2.05) is 6.08 Å². The zero-order chi connectivity index (χ0) is 9.10. The summed E-state index contributed by atoms with van der Waals surface area (Å²) >= 11 is 0. The monoisotopic (exact) mass is 175 g/mol. The summed E-state index contributed by atoms with van der Waals surface area (Å²) in [4.78, 5) is 10.4. The Morgan fingerprint density at radius 3 is 3.31 bits per heavy atom. The van der Waals surface area contributed by atoms with E-state index in [2.05, 4.69) is 34.2 Å². The third-order valence-corrected chi connectivity index (χ3v) is 2.14.